The monoisotopic (exact) mass is 185 g/mol. The molecule has 1 fully saturated rings. The second kappa shape index (κ2) is 4.61. The maximum absolute atomic E-state index is 10.8. The lowest BCUT2D eigenvalue weighted by molar-refractivity contribution is -0.148. The minimum atomic E-state index is -0.143. The summed E-state index contributed by atoms with van der Waals surface area (Å²) in [5, 5.41) is 0. The van der Waals surface area contributed by atoms with Gasteiger partial charge in [-0.15, -0.1) is 0 Å². The van der Waals surface area contributed by atoms with Crippen LogP contribution in [0.5, 0.6) is 0 Å². The molecule has 1 aliphatic carbocycles. The molecular weight excluding hydrogens is 166 g/mol. The van der Waals surface area contributed by atoms with Crippen LogP contribution in [0, 0.1) is 5.92 Å². The van der Waals surface area contributed by atoms with Crippen LogP contribution < -0.4 is 0 Å². The molecule has 1 saturated carbocycles. The summed E-state index contributed by atoms with van der Waals surface area (Å²) in [6.07, 6.45) is 3.59. The van der Waals surface area contributed by atoms with Crippen molar-refractivity contribution >= 4 is 5.97 Å². The highest BCUT2D eigenvalue weighted by Crippen LogP contribution is 2.28. The van der Waals surface area contributed by atoms with Crippen LogP contribution in [-0.4, -0.2) is 37.6 Å². The van der Waals surface area contributed by atoms with Gasteiger partial charge in [0.2, 0.25) is 0 Å². The second-order valence-electron chi connectivity index (χ2n) is 4.10. The van der Waals surface area contributed by atoms with Gasteiger partial charge in [0, 0.05) is 19.4 Å². The Bertz CT molecular complexity index is 180. The van der Waals surface area contributed by atoms with Crippen LogP contribution in [-0.2, 0) is 9.53 Å². The van der Waals surface area contributed by atoms with Crippen LogP contribution in [0.2, 0.25) is 0 Å². The summed E-state index contributed by atoms with van der Waals surface area (Å²) >= 11 is 0. The fourth-order valence-electron chi connectivity index (χ4n) is 2.05. The van der Waals surface area contributed by atoms with Crippen molar-refractivity contribution < 1.29 is 9.53 Å². The smallest absolute Gasteiger partial charge is 0.302 e. The molecular formula is C10H19NO2. The molecule has 0 radical (unpaired) electrons. The molecule has 13 heavy (non-hydrogen) atoms. The molecule has 3 heteroatoms. The molecule has 0 unspecified atom stereocenters. The fraction of sp³-hybridized carbons (Fsp3) is 0.900. The van der Waals surface area contributed by atoms with Crippen LogP contribution >= 0.6 is 0 Å². The van der Waals surface area contributed by atoms with E-state index in [-0.39, 0.29) is 12.1 Å². The lowest BCUT2D eigenvalue weighted by Gasteiger charge is -2.22. The Hall–Kier alpha value is -0.570. The van der Waals surface area contributed by atoms with E-state index in [1.54, 1.807) is 0 Å². The Morgan fingerprint density at radius 1 is 1.46 bits per heavy atom. The lowest BCUT2D eigenvalue weighted by atomic mass is 10.1. The van der Waals surface area contributed by atoms with Crippen LogP contribution in [0.1, 0.15) is 26.2 Å². The zero-order valence-corrected chi connectivity index (χ0v) is 8.75. The molecule has 0 aliphatic heterocycles. The van der Waals surface area contributed by atoms with Gasteiger partial charge in [-0.05, 0) is 33.4 Å². The maximum atomic E-state index is 10.8. The van der Waals surface area contributed by atoms with E-state index in [1.165, 1.54) is 19.8 Å². The first-order valence-electron chi connectivity index (χ1n) is 4.91. The van der Waals surface area contributed by atoms with Crippen molar-refractivity contribution in [2.24, 2.45) is 5.92 Å². The first-order valence-corrected chi connectivity index (χ1v) is 4.91. The number of ether oxygens (including phenoxy) is 1. The third-order valence-electron chi connectivity index (χ3n) is 2.51. The van der Waals surface area contributed by atoms with Gasteiger partial charge < -0.3 is 9.64 Å². The van der Waals surface area contributed by atoms with Crippen molar-refractivity contribution in [1.29, 1.82) is 0 Å². The number of carbonyl (C=O) groups is 1. The highest BCUT2D eigenvalue weighted by Gasteiger charge is 2.29. The molecule has 0 saturated heterocycles. The first-order chi connectivity index (χ1) is 6.09. The number of hydrogen-bond donors (Lipinski definition) is 0. The Labute approximate surface area is 80.1 Å². The number of rotatable bonds is 3. The highest BCUT2D eigenvalue weighted by molar-refractivity contribution is 5.66. The van der Waals surface area contributed by atoms with Gasteiger partial charge in [-0.3, -0.25) is 4.79 Å². The SMILES string of the molecule is CC(=O)O[C@H]1CCC[C@@H]1CN(C)C. The molecule has 1 aliphatic rings. The van der Waals surface area contributed by atoms with E-state index in [2.05, 4.69) is 19.0 Å². The minimum Gasteiger partial charge on any atom is -0.462 e. The summed E-state index contributed by atoms with van der Waals surface area (Å²) in [5.41, 5.74) is 0. The predicted molar refractivity (Wildman–Crippen MR) is 51.4 cm³/mol. The molecule has 0 aromatic carbocycles. The average Bonchev–Trinajstić information content (AvgIpc) is 2.34. The van der Waals surface area contributed by atoms with Gasteiger partial charge in [-0.2, -0.15) is 0 Å². The second-order valence-corrected chi connectivity index (χ2v) is 4.10. The molecule has 1 rings (SSSR count). The Morgan fingerprint density at radius 3 is 2.69 bits per heavy atom. The standard InChI is InChI=1S/C10H19NO2/c1-8(12)13-10-6-4-5-9(10)7-11(2)3/h9-10H,4-7H2,1-3H3/t9-,10+/m1/s1. The Balaban J connectivity index is 2.39. The summed E-state index contributed by atoms with van der Waals surface area (Å²) < 4.78 is 5.26. The third-order valence-corrected chi connectivity index (χ3v) is 2.51. The van der Waals surface area contributed by atoms with E-state index in [4.69, 9.17) is 4.74 Å². The summed E-state index contributed by atoms with van der Waals surface area (Å²) in [7, 11) is 4.12. The molecule has 76 valence electrons. The number of nitrogens with zero attached hydrogens (tertiary/aromatic N) is 1. The van der Waals surface area contributed by atoms with Crippen LogP contribution in [0.25, 0.3) is 0 Å². The number of hydrogen-bond acceptors (Lipinski definition) is 3. The normalized spacial score (nSPS) is 28.0. The highest BCUT2D eigenvalue weighted by atomic mass is 16.5. The first kappa shape index (κ1) is 10.5. The quantitative estimate of drug-likeness (QED) is 0.620. The van der Waals surface area contributed by atoms with E-state index in [1.807, 2.05) is 0 Å². The predicted octanol–water partition coefficient (Wildman–Crippen LogP) is 1.28. The van der Waals surface area contributed by atoms with Crippen LogP contribution in [0.15, 0.2) is 0 Å². The van der Waals surface area contributed by atoms with Crippen molar-refractivity contribution in [3.63, 3.8) is 0 Å². The Kier molecular flexibility index (Phi) is 3.72. The number of esters is 1. The topological polar surface area (TPSA) is 29.5 Å². The van der Waals surface area contributed by atoms with Gasteiger partial charge in [0.05, 0.1) is 0 Å². The van der Waals surface area contributed by atoms with Gasteiger partial charge >= 0.3 is 5.97 Å². The van der Waals surface area contributed by atoms with Gasteiger partial charge in [-0.1, -0.05) is 0 Å². The average molecular weight is 185 g/mol. The molecule has 0 aromatic rings. The summed E-state index contributed by atoms with van der Waals surface area (Å²) in [4.78, 5) is 13.0. The van der Waals surface area contributed by atoms with Crippen molar-refractivity contribution in [2.75, 3.05) is 20.6 Å². The van der Waals surface area contributed by atoms with Crippen molar-refractivity contribution in [2.45, 2.75) is 32.3 Å². The van der Waals surface area contributed by atoms with Gasteiger partial charge in [0.15, 0.2) is 0 Å². The molecule has 0 spiro atoms. The number of carbonyl (C=O) groups excluding carboxylic acids is 1. The summed E-state index contributed by atoms with van der Waals surface area (Å²) in [6, 6.07) is 0. The zero-order chi connectivity index (χ0) is 9.84. The largest absolute Gasteiger partial charge is 0.462 e. The van der Waals surface area contributed by atoms with E-state index in [9.17, 15) is 4.79 Å². The fourth-order valence-corrected chi connectivity index (χ4v) is 2.05. The zero-order valence-electron chi connectivity index (χ0n) is 8.75. The summed E-state index contributed by atoms with van der Waals surface area (Å²) in [6.45, 7) is 2.52. The van der Waals surface area contributed by atoms with Crippen molar-refractivity contribution in [1.82, 2.24) is 4.90 Å². The minimum absolute atomic E-state index is 0.143. The maximum Gasteiger partial charge on any atom is 0.302 e. The molecule has 2 atom stereocenters. The van der Waals surface area contributed by atoms with Gasteiger partial charge in [0.1, 0.15) is 6.10 Å². The molecule has 0 amide bonds. The van der Waals surface area contributed by atoms with Crippen molar-refractivity contribution in [3.8, 4) is 0 Å². The summed E-state index contributed by atoms with van der Waals surface area (Å²) in [5.74, 6) is 0.398. The molecule has 0 heterocycles. The molecule has 0 N–H and O–H groups in total. The van der Waals surface area contributed by atoms with Crippen molar-refractivity contribution in [3.05, 3.63) is 0 Å². The van der Waals surface area contributed by atoms with E-state index >= 15 is 0 Å². The van der Waals surface area contributed by atoms with Gasteiger partial charge in [-0.25, -0.2) is 0 Å². The third kappa shape index (κ3) is 3.35. The van der Waals surface area contributed by atoms with E-state index < -0.39 is 0 Å². The lowest BCUT2D eigenvalue weighted by Crippen LogP contribution is -2.29. The van der Waals surface area contributed by atoms with E-state index in [0.29, 0.717) is 5.92 Å². The van der Waals surface area contributed by atoms with Crippen LogP contribution in [0.3, 0.4) is 0 Å². The molecule has 0 aromatic heterocycles. The molecule has 0 bridgehead atoms. The van der Waals surface area contributed by atoms with Crippen LogP contribution in [0.4, 0.5) is 0 Å². The van der Waals surface area contributed by atoms with E-state index in [0.717, 1.165) is 13.0 Å². The van der Waals surface area contributed by atoms with Gasteiger partial charge in [0.25, 0.3) is 0 Å². The molecule has 3 nitrogen and oxygen atoms in total. The Morgan fingerprint density at radius 2 is 2.15 bits per heavy atom.